The highest BCUT2D eigenvalue weighted by molar-refractivity contribution is 7.89. The monoisotopic (exact) mass is 471 g/mol. The lowest BCUT2D eigenvalue weighted by atomic mass is 9.97. The molecule has 2 N–H and O–H groups in total. The van der Waals surface area contributed by atoms with Gasteiger partial charge in [-0.1, -0.05) is 31.2 Å². The van der Waals surface area contributed by atoms with Gasteiger partial charge in [-0.25, -0.2) is 8.42 Å². The van der Waals surface area contributed by atoms with E-state index < -0.39 is 10.0 Å². The number of nitrogens with zero attached hydrogens (tertiary/aromatic N) is 1. The van der Waals surface area contributed by atoms with Crippen molar-refractivity contribution in [3.63, 3.8) is 0 Å². The Labute approximate surface area is 194 Å². The number of benzene rings is 2. The van der Waals surface area contributed by atoms with Gasteiger partial charge in [-0.05, 0) is 50.5 Å². The molecule has 0 bridgehead atoms. The van der Waals surface area contributed by atoms with Gasteiger partial charge in [0.05, 0.1) is 16.1 Å². The smallest absolute Gasteiger partial charge is 0.253 e. The van der Waals surface area contributed by atoms with Crippen LogP contribution in [0, 0.1) is 5.92 Å². The Morgan fingerprint density at radius 2 is 1.64 bits per heavy atom. The van der Waals surface area contributed by atoms with E-state index in [2.05, 4.69) is 10.6 Å². The van der Waals surface area contributed by atoms with Crippen LogP contribution in [-0.2, 0) is 14.8 Å². The fraction of sp³-hybridized carbons (Fsp3) is 0.375. The number of amides is 2. The quantitative estimate of drug-likeness (QED) is 0.575. The van der Waals surface area contributed by atoms with Crippen LogP contribution in [0.4, 0.5) is 5.69 Å². The molecule has 1 fully saturated rings. The molecule has 2 aromatic rings. The van der Waals surface area contributed by atoms with Crippen LogP contribution in [0.3, 0.4) is 0 Å². The summed E-state index contributed by atoms with van der Waals surface area (Å²) in [7, 11) is -3.70. The van der Waals surface area contributed by atoms with Crippen molar-refractivity contribution in [1.82, 2.24) is 9.62 Å². The van der Waals surface area contributed by atoms with Gasteiger partial charge in [0.2, 0.25) is 15.9 Å². The van der Waals surface area contributed by atoms with E-state index in [1.165, 1.54) is 35.5 Å². The largest absolute Gasteiger partial charge is 0.352 e. The highest BCUT2D eigenvalue weighted by Gasteiger charge is 2.32. The number of hydrogen-bond acceptors (Lipinski definition) is 5. The summed E-state index contributed by atoms with van der Waals surface area (Å²) in [6, 6.07) is 12.7. The summed E-state index contributed by atoms with van der Waals surface area (Å²) in [5.74, 6) is -0.962. The maximum Gasteiger partial charge on any atom is 0.253 e. The molecule has 2 aromatic carbocycles. The predicted octanol–water partition coefficient (Wildman–Crippen LogP) is 3.07. The molecule has 1 heterocycles. The molecule has 8 nitrogen and oxygen atoms in total. The third-order valence-electron chi connectivity index (χ3n) is 5.69. The van der Waals surface area contributed by atoms with E-state index in [9.17, 15) is 22.8 Å². The normalized spacial score (nSPS) is 15.1. The number of carbonyl (C=O) groups is 3. The second-order valence-corrected chi connectivity index (χ2v) is 9.99. The first-order valence-corrected chi connectivity index (χ1v) is 12.5. The van der Waals surface area contributed by atoms with E-state index in [0.29, 0.717) is 36.2 Å². The summed E-state index contributed by atoms with van der Waals surface area (Å²) in [5.41, 5.74) is 1.29. The average Bonchev–Trinajstić information content (AvgIpc) is 2.83. The SMILES string of the molecule is CCCNC(=O)c1ccccc1NC(=O)C1CCN(S(=O)(=O)c2ccc(C(C)=O)cc2)CC1. The average molecular weight is 472 g/mol. The number of rotatable bonds is 8. The molecule has 1 aliphatic rings. The van der Waals surface area contributed by atoms with E-state index in [0.717, 1.165) is 6.42 Å². The van der Waals surface area contributed by atoms with Gasteiger partial charge in [-0.15, -0.1) is 0 Å². The number of carbonyl (C=O) groups excluding carboxylic acids is 3. The Morgan fingerprint density at radius 3 is 2.24 bits per heavy atom. The Morgan fingerprint density at radius 1 is 1.00 bits per heavy atom. The van der Waals surface area contributed by atoms with Crippen LogP contribution in [0.25, 0.3) is 0 Å². The van der Waals surface area contributed by atoms with Gasteiger partial charge in [0.15, 0.2) is 5.78 Å². The van der Waals surface area contributed by atoms with E-state index in [4.69, 9.17) is 0 Å². The van der Waals surface area contributed by atoms with Crippen LogP contribution in [-0.4, -0.2) is 50.0 Å². The van der Waals surface area contributed by atoms with E-state index in [1.54, 1.807) is 24.3 Å². The highest BCUT2D eigenvalue weighted by atomic mass is 32.2. The molecule has 0 unspecified atom stereocenters. The van der Waals surface area contributed by atoms with Gasteiger partial charge < -0.3 is 10.6 Å². The van der Waals surface area contributed by atoms with Crippen molar-refractivity contribution in [2.75, 3.05) is 25.0 Å². The molecule has 0 aliphatic carbocycles. The minimum absolute atomic E-state index is 0.127. The molecule has 0 atom stereocenters. The third kappa shape index (κ3) is 5.85. The molecule has 1 aliphatic heterocycles. The first-order chi connectivity index (χ1) is 15.7. The number of sulfonamides is 1. The zero-order valence-corrected chi connectivity index (χ0v) is 19.7. The van der Waals surface area contributed by atoms with Crippen LogP contribution in [0.5, 0.6) is 0 Å². The summed E-state index contributed by atoms with van der Waals surface area (Å²) in [6.45, 7) is 4.36. The van der Waals surface area contributed by atoms with Crippen LogP contribution >= 0.6 is 0 Å². The minimum atomic E-state index is -3.70. The van der Waals surface area contributed by atoms with E-state index in [-0.39, 0.29) is 41.5 Å². The zero-order valence-electron chi connectivity index (χ0n) is 18.8. The van der Waals surface area contributed by atoms with Gasteiger partial charge in [-0.3, -0.25) is 14.4 Å². The fourth-order valence-corrected chi connectivity index (χ4v) is 5.20. The Kier molecular flexibility index (Phi) is 7.99. The summed E-state index contributed by atoms with van der Waals surface area (Å²) in [5, 5.41) is 5.65. The number of hydrogen-bond donors (Lipinski definition) is 2. The van der Waals surface area contributed by atoms with Crippen molar-refractivity contribution in [3.05, 3.63) is 59.7 Å². The Balaban J connectivity index is 1.63. The van der Waals surface area contributed by atoms with Crippen molar-refractivity contribution < 1.29 is 22.8 Å². The van der Waals surface area contributed by atoms with Gasteiger partial charge >= 0.3 is 0 Å². The van der Waals surface area contributed by atoms with Crippen molar-refractivity contribution in [2.24, 2.45) is 5.92 Å². The van der Waals surface area contributed by atoms with E-state index >= 15 is 0 Å². The van der Waals surface area contributed by atoms with Crippen LogP contribution in [0.2, 0.25) is 0 Å². The maximum absolute atomic E-state index is 12.9. The lowest BCUT2D eigenvalue weighted by Gasteiger charge is -2.30. The van der Waals surface area contributed by atoms with Crippen LogP contribution in [0.15, 0.2) is 53.4 Å². The first kappa shape index (κ1) is 24.6. The van der Waals surface area contributed by atoms with Crippen molar-refractivity contribution in [3.8, 4) is 0 Å². The topological polar surface area (TPSA) is 113 Å². The molecule has 0 saturated carbocycles. The van der Waals surface area contributed by atoms with Crippen molar-refractivity contribution >= 4 is 33.3 Å². The molecule has 0 spiro atoms. The summed E-state index contributed by atoms with van der Waals surface area (Å²) >= 11 is 0. The van der Waals surface area contributed by atoms with Gasteiger partial charge in [0.25, 0.3) is 5.91 Å². The Bertz CT molecular complexity index is 1120. The second kappa shape index (κ2) is 10.7. The molecular weight excluding hydrogens is 442 g/mol. The molecule has 9 heteroatoms. The minimum Gasteiger partial charge on any atom is -0.352 e. The fourth-order valence-electron chi connectivity index (χ4n) is 3.73. The molecule has 0 aromatic heterocycles. The number of ketones is 1. The first-order valence-electron chi connectivity index (χ1n) is 11.0. The maximum atomic E-state index is 12.9. The number of piperidine rings is 1. The number of nitrogens with one attached hydrogen (secondary N) is 2. The highest BCUT2D eigenvalue weighted by Crippen LogP contribution is 2.26. The van der Waals surface area contributed by atoms with E-state index in [1.807, 2.05) is 6.92 Å². The molecule has 176 valence electrons. The molecule has 0 radical (unpaired) electrons. The van der Waals surface area contributed by atoms with Gasteiger partial charge in [0, 0.05) is 31.1 Å². The van der Waals surface area contributed by atoms with Gasteiger partial charge in [0.1, 0.15) is 0 Å². The summed E-state index contributed by atoms with van der Waals surface area (Å²) in [6.07, 6.45) is 1.56. The number of Topliss-reactive ketones (excluding diaryl/α,β-unsaturated/α-hetero) is 1. The summed E-state index contributed by atoms with van der Waals surface area (Å²) in [4.78, 5) is 36.8. The third-order valence-corrected chi connectivity index (χ3v) is 7.60. The standard InChI is InChI=1S/C24H29N3O5S/c1-3-14-25-24(30)21-6-4-5-7-22(21)26-23(29)19-12-15-27(16-13-19)33(31,32)20-10-8-18(9-11-20)17(2)28/h4-11,19H,3,12-16H2,1-2H3,(H,25,30)(H,26,29). The van der Waals surface area contributed by atoms with Crippen LogP contribution < -0.4 is 10.6 Å². The zero-order chi connectivity index (χ0) is 24.0. The molecule has 33 heavy (non-hydrogen) atoms. The molecule has 2 amide bonds. The van der Waals surface area contributed by atoms with Gasteiger partial charge in [-0.2, -0.15) is 4.31 Å². The molecule has 3 rings (SSSR count). The second-order valence-electron chi connectivity index (χ2n) is 8.05. The number of para-hydroxylation sites is 1. The summed E-state index contributed by atoms with van der Waals surface area (Å²) < 4.78 is 27.2. The van der Waals surface area contributed by atoms with Crippen molar-refractivity contribution in [1.29, 1.82) is 0 Å². The van der Waals surface area contributed by atoms with Crippen LogP contribution in [0.1, 0.15) is 53.8 Å². The number of anilines is 1. The lowest BCUT2D eigenvalue weighted by molar-refractivity contribution is -0.120. The molecular formula is C24H29N3O5S. The molecule has 1 saturated heterocycles. The lowest BCUT2D eigenvalue weighted by Crippen LogP contribution is -2.41. The van der Waals surface area contributed by atoms with Crippen molar-refractivity contribution in [2.45, 2.75) is 38.0 Å². The Hall–Kier alpha value is -3.04. The predicted molar refractivity (Wildman–Crippen MR) is 126 cm³/mol.